The second kappa shape index (κ2) is 8.75. The third kappa shape index (κ3) is 3.97. The minimum Gasteiger partial charge on any atom is -0.494 e. The number of carbonyl (C=O) groups is 1. The molecule has 2 aromatic carbocycles. The topological polar surface area (TPSA) is 85.2 Å². The molecule has 1 saturated carbocycles. The van der Waals surface area contributed by atoms with E-state index >= 15 is 0 Å². The van der Waals surface area contributed by atoms with Crippen molar-refractivity contribution in [3.8, 4) is 11.4 Å². The van der Waals surface area contributed by atoms with E-state index in [1.807, 2.05) is 61.6 Å². The first-order chi connectivity index (χ1) is 15.0. The number of anilines is 1. The lowest BCUT2D eigenvalue weighted by atomic mass is 9.75. The highest BCUT2D eigenvalue weighted by Crippen LogP contribution is 2.43. The fourth-order valence-electron chi connectivity index (χ4n) is 4.32. The number of aromatic nitrogens is 4. The molecular formula is C23H28N6O2. The van der Waals surface area contributed by atoms with Crippen LogP contribution >= 0.6 is 0 Å². The fourth-order valence-corrected chi connectivity index (χ4v) is 4.32. The highest BCUT2D eigenvalue weighted by atomic mass is 16.5. The van der Waals surface area contributed by atoms with Gasteiger partial charge in [0.05, 0.1) is 7.11 Å². The van der Waals surface area contributed by atoms with E-state index in [9.17, 15) is 4.79 Å². The molecule has 1 aliphatic carbocycles. The predicted octanol–water partition coefficient (Wildman–Crippen LogP) is 4.24. The molecule has 2 amide bonds. The van der Waals surface area contributed by atoms with Crippen LogP contribution in [0.5, 0.6) is 5.75 Å². The molecule has 0 bridgehead atoms. The number of ether oxygens (including phenoxy) is 1. The number of benzene rings is 2. The van der Waals surface area contributed by atoms with Crippen LogP contribution in [0.2, 0.25) is 0 Å². The zero-order valence-corrected chi connectivity index (χ0v) is 18.2. The Balaban J connectivity index is 1.74. The van der Waals surface area contributed by atoms with E-state index in [4.69, 9.17) is 4.74 Å². The molecule has 0 unspecified atom stereocenters. The maximum Gasteiger partial charge on any atom is 0.322 e. The van der Waals surface area contributed by atoms with Crippen molar-refractivity contribution in [1.29, 1.82) is 0 Å². The maximum absolute atomic E-state index is 13.3. The Kier molecular flexibility index (Phi) is 5.88. The molecule has 8 nitrogen and oxygen atoms in total. The number of amides is 2. The molecule has 31 heavy (non-hydrogen) atoms. The van der Waals surface area contributed by atoms with E-state index in [-0.39, 0.29) is 6.03 Å². The van der Waals surface area contributed by atoms with Gasteiger partial charge >= 0.3 is 6.03 Å². The fraction of sp³-hybridized carbons (Fsp3) is 0.391. The first-order valence-corrected chi connectivity index (χ1v) is 10.6. The van der Waals surface area contributed by atoms with Crippen molar-refractivity contribution in [3.05, 3.63) is 60.4 Å². The van der Waals surface area contributed by atoms with Crippen LogP contribution in [0.15, 0.2) is 54.6 Å². The summed E-state index contributed by atoms with van der Waals surface area (Å²) in [6.45, 7) is 2.25. The third-order valence-electron chi connectivity index (χ3n) is 6.27. The monoisotopic (exact) mass is 420 g/mol. The normalized spacial score (nSPS) is 20.8. The van der Waals surface area contributed by atoms with Gasteiger partial charge in [0, 0.05) is 12.7 Å². The van der Waals surface area contributed by atoms with Gasteiger partial charge < -0.3 is 15.0 Å². The summed E-state index contributed by atoms with van der Waals surface area (Å²) in [7, 11) is 3.45. The average Bonchev–Trinajstić information content (AvgIpc) is 3.30. The lowest BCUT2D eigenvalue weighted by molar-refractivity contribution is 0.0785. The highest BCUT2D eigenvalue weighted by Gasteiger charge is 2.46. The Bertz CT molecular complexity index is 1030. The van der Waals surface area contributed by atoms with Gasteiger partial charge in [0.25, 0.3) is 0 Å². The van der Waals surface area contributed by atoms with Crippen molar-refractivity contribution in [2.75, 3.05) is 19.5 Å². The summed E-state index contributed by atoms with van der Waals surface area (Å²) in [5.41, 5.74) is 0.873. The lowest BCUT2D eigenvalue weighted by Gasteiger charge is -2.44. The number of nitrogens with zero attached hydrogens (tertiary/aromatic N) is 5. The summed E-state index contributed by atoms with van der Waals surface area (Å²) >= 11 is 0. The molecule has 1 N–H and O–H groups in total. The van der Waals surface area contributed by atoms with Crippen LogP contribution in [-0.4, -0.2) is 45.3 Å². The SMILES string of the molecule is COc1ccccc1-n1nnnc1C1(N(C)C(=O)Nc2ccccc2)CCC(C)CC1. The number of hydrogen-bond donors (Lipinski definition) is 1. The van der Waals surface area contributed by atoms with Crippen molar-refractivity contribution in [2.45, 2.75) is 38.1 Å². The number of tetrazole rings is 1. The lowest BCUT2D eigenvalue weighted by Crippen LogP contribution is -2.52. The van der Waals surface area contributed by atoms with E-state index in [2.05, 4.69) is 27.8 Å². The number of rotatable bonds is 5. The molecule has 0 spiro atoms. The minimum atomic E-state index is -0.629. The number of methoxy groups -OCH3 is 1. The van der Waals surface area contributed by atoms with Gasteiger partial charge in [0.15, 0.2) is 5.82 Å². The summed E-state index contributed by atoms with van der Waals surface area (Å²) in [6.07, 6.45) is 3.54. The van der Waals surface area contributed by atoms with Gasteiger partial charge in [-0.3, -0.25) is 0 Å². The molecule has 8 heteroatoms. The van der Waals surface area contributed by atoms with Gasteiger partial charge in [0.1, 0.15) is 17.0 Å². The molecule has 1 aromatic heterocycles. The molecule has 3 aromatic rings. The molecule has 1 heterocycles. The van der Waals surface area contributed by atoms with Crippen molar-refractivity contribution in [1.82, 2.24) is 25.1 Å². The minimum absolute atomic E-state index is 0.185. The number of nitrogens with one attached hydrogen (secondary N) is 1. The van der Waals surface area contributed by atoms with Gasteiger partial charge in [-0.25, -0.2) is 4.79 Å². The molecule has 0 atom stereocenters. The molecule has 0 aliphatic heterocycles. The molecule has 0 saturated heterocycles. The molecule has 1 fully saturated rings. The van der Waals surface area contributed by atoms with E-state index in [0.29, 0.717) is 17.5 Å². The zero-order valence-electron chi connectivity index (χ0n) is 18.2. The average molecular weight is 421 g/mol. The molecular weight excluding hydrogens is 392 g/mol. The van der Waals surface area contributed by atoms with Crippen LogP contribution in [0.25, 0.3) is 5.69 Å². The van der Waals surface area contributed by atoms with E-state index in [1.54, 1.807) is 16.7 Å². The van der Waals surface area contributed by atoms with Crippen molar-refractivity contribution in [2.24, 2.45) is 5.92 Å². The third-order valence-corrected chi connectivity index (χ3v) is 6.27. The van der Waals surface area contributed by atoms with E-state index in [1.165, 1.54) is 0 Å². The summed E-state index contributed by atoms with van der Waals surface area (Å²) in [4.78, 5) is 15.0. The summed E-state index contributed by atoms with van der Waals surface area (Å²) in [5, 5.41) is 15.7. The van der Waals surface area contributed by atoms with Crippen molar-refractivity contribution in [3.63, 3.8) is 0 Å². The first-order valence-electron chi connectivity index (χ1n) is 10.6. The second-order valence-electron chi connectivity index (χ2n) is 8.16. The number of carbonyl (C=O) groups excluding carboxylic acids is 1. The highest BCUT2D eigenvalue weighted by molar-refractivity contribution is 5.89. The van der Waals surface area contributed by atoms with Crippen LogP contribution in [0.3, 0.4) is 0 Å². The second-order valence-corrected chi connectivity index (χ2v) is 8.16. The molecule has 162 valence electrons. The van der Waals surface area contributed by atoms with Crippen LogP contribution in [-0.2, 0) is 5.54 Å². The van der Waals surface area contributed by atoms with Gasteiger partial charge in [-0.2, -0.15) is 4.68 Å². The van der Waals surface area contributed by atoms with Gasteiger partial charge in [-0.15, -0.1) is 5.10 Å². The maximum atomic E-state index is 13.3. The van der Waals surface area contributed by atoms with Gasteiger partial charge in [-0.05, 0) is 66.3 Å². The Morgan fingerprint density at radius 2 is 1.81 bits per heavy atom. The zero-order chi connectivity index (χ0) is 21.8. The summed E-state index contributed by atoms with van der Waals surface area (Å²) < 4.78 is 7.25. The van der Waals surface area contributed by atoms with Crippen molar-refractivity contribution >= 4 is 11.7 Å². The molecule has 4 rings (SSSR count). The smallest absolute Gasteiger partial charge is 0.322 e. The quantitative estimate of drug-likeness (QED) is 0.667. The standard InChI is InChI=1S/C23H28N6O2/c1-17-13-15-23(16-14-17,28(2)22(30)24-18-9-5-4-6-10-18)21-25-26-27-29(21)19-11-7-8-12-20(19)31-3/h4-12,17H,13-16H2,1-3H3,(H,24,30). The summed E-state index contributed by atoms with van der Waals surface area (Å²) in [5.74, 6) is 1.91. The van der Waals surface area contributed by atoms with Gasteiger partial charge in [-0.1, -0.05) is 37.3 Å². The van der Waals surface area contributed by atoms with Crippen LogP contribution in [0.1, 0.15) is 38.4 Å². The van der Waals surface area contributed by atoms with Crippen LogP contribution < -0.4 is 10.1 Å². The van der Waals surface area contributed by atoms with E-state index in [0.717, 1.165) is 37.1 Å². The Hall–Kier alpha value is -3.42. The predicted molar refractivity (Wildman–Crippen MR) is 118 cm³/mol. The van der Waals surface area contributed by atoms with Crippen LogP contribution in [0, 0.1) is 5.92 Å². The first kappa shape index (κ1) is 20.8. The Labute approximate surface area is 182 Å². The Morgan fingerprint density at radius 3 is 2.52 bits per heavy atom. The molecule has 1 aliphatic rings. The van der Waals surface area contributed by atoms with Gasteiger partial charge in [0.2, 0.25) is 0 Å². The number of urea groups is 1. The largest absolute Gasteiger partial charge is 0.494 e. The molecule has 0 radical (unpaired) electrons. The van der Waals surface area contributed by atoms with Crippen molar-refractivity contribution < 1.29 is 9.53 Å². The number of para-hydroxylation sites is 3. The van der Waals surface area contributed by atoms with Crippen LogP contribution in [0.4, 0.5) is 10.5 Å². The number of hydrogen-bond acceptors (Lipinski definition) is 5. The summed E-state index contributed by atoms with van der Waals surface area (Å²) in [6, 6.07) is 16.9. The Morgan fingerprint density at radius 1 is 1.13 bits per heavy atom. The van der Waals surface area contributed by atoms with E-state index < -0.39 is 5.54 Å².